The molecule has 25 heavy (non-hydrogen) atoms. The standard InChI is InChI=1S/C20H16O4S/c1-24-16-9-7-14(8-10-16)20-15(12-18(21)22)11-17(25-20)19(23)13-5-3-2-4-6-13/h2-11H,12H2,1H3,(H,21,22). The number of benzene rings is 2. The van der Waals surface area contributed by atoms with Crippen molar-refractivity contribution in [3.05, 3.63) is 76.7 Å². The number of ether oxygens (including phenoxy) is 1. The van der Waals surface area contributed by atoms with E-state index >= 15 is 0 Å². The number of ketones is 1. The Morgan fingerprint density at radius 1 is 1.04 bits per heavy atom. The second-order valence-electron chi connectivity index (χ2n) is 5.46. The minimum atomic E-state index is -0.925. The topological polar surface area (TPSA) is 63.6 Å². The molecule has 0 saturated heterocycles. The monoisotopic (exact) mass is 352 g/mol. The van der Waals surface area contributed by atoms with Gasteiger partial charge in [-0.1, -0.05) is 30.3 Å². The lowest BCUT2D eigenvalue weighted by Gasteiger charge is -2.04. The highest BCUT2D eigenvalue weighted by Crippen LogP contribution is 2.35. The molecule has 1 N–H and O–H groups in total. The zero-order valence-electron chi connectivity index (χ0n) is 13.6. The number of aliphatic carboxylic acids is 1. The molecule has 0 bridgehead atoms. The minimum Gasteiger partial charge on any atom is -0.497 e. The van der Waals surface area contributed by atoms with Crippen molar-refractivity contribution in [1.29, 1.82) is 0 Å². The van der Waals surface area contributed by atoms with Crippen LogP contribution in [0.5, 0.6) is 5.75 Å². The van der Waals surface area contributed by atoms with Crippen LogP contribution in [-0.4, -0.2) is 24.0 Å². The van der Waals surface area contributed by atoms with Gasteiger partial charge in [-0.25, -0.2) is 0 Å². The summed E-state index contributed by atoms with van der Waals surface area (Å²) in [7, 11) is 1.59. The number of thiophene rings is 1. The van der Waals surface area contributed by atoms with Crippen LogP contribution in [-0.2, 0) is 11.2 Å². The van der Waals surface area contributed by atoms with E-state index in [1.54, 1.807) is 25.3 Å². The molecule has 3 aromatic rings. The first kappa shape index (κ1) is 16.9. The Morgan fingerprint density at radius 2 is 1.72 bits per heavy atom. The maximum absolute atomic E-state index is 12.7. The predicted molar refractivity (Wildman–Crippen MR) is 97.5 cm³/mol. The summed E-state index contributed by atoms with van der Waals surface area (Å²) in [6.45, 7) is 0. The quantitative estimate of drug-likeness (QED) is 0.673. The molecule has 0 atom stereocenters. The molecule has 0 aliphatic rings. The number of carboxylic acid groups (broad SMARTS) is 1. The molecule has 0 aliphatic heterocycles. The molecule has 0 spiro atoms. The first-order chi connectivity index (χ1) is 12.1. The fourth-order valence-electron chi connectivity index (χ4n) is 2.55. The maximum Gasteiger partial charge on any atom is 0.307 e. The molecule has 0 radical (unpaired) electrons. The molecular formula is C20H16O4S. The molecular weight excluding hydrogens is 336 g/mol. The number of hydrogen-bond acceptors (Lipinski definition) is 4. The second kappa shape index (κ2) is 7.32. The number of methoxy groups -OCH3 is 1. The van der Waals surface area contributed by atoms with Gasteiger partial charge in [-0.2, -0.15) is 0 Å². The summed E-state index contributed by atoms with van der Waals surface area (Å²) in [6.07, 6.45) is -0.125. The maximum atomic E-state index is 12.7. The van der Waals surface area contributed by atoms with Crippen molar-refractivity contribution in [3.63, 3.8) is 0 Å². The van der Waals surface area contributed by atoms with E-state index in [4.69, 9.17) is 4.74 Å². The van der Waals surface area contributed by atoms with Gasteiger partial charge in [-0.15, -0.1) is 11.3 Å². The largest absolute Gasteiger partial charge is 0.497 e. The Balaban J connectivity index is 2.02. The first-order valence-electron chi connectivity index (χ1n) is 7.67. The lowest BCUT2D eigenvalue weighted by Crippen LogP contribution is -2.00. The first-order valence-corrected chi connectivity index (χ1v) is 8.49. The molecule has 126 valence electrons. The van der Waals surface area contributed by atoms with Crippen molar-refractivity contribution in [2.75, 3.05) is 7.11 Å². The Hall–Kier alpha value is -2.92. The van der Waals surface area contributed by atoms with Gasteiger partial charge in [0.25, 0.3) is 0 Å². The van der Waals surface area contributed by atoms with Crippen LogP contribution < -0.4 is 4.74 Å². The average Bonchev–Trinajstić information content (AvgIpc) is 3.05. The van der Waals surface area contributed by atoms with Crippen LogP contribution in [0.25, 0.3) is 10.4 Å². The van der Waals surface area contributed by atoms with Crippen molar-refractivity contribution in [1.82, 2.24) is 0 Å². The van der Waals surface area contributed by atoms with E-state index in [-0.39, 0.29) is 12.2 Å². The number of hydrogen-bond donors (Lipinski definition) is 1. The molecule has 5 heteroatoms. The molecule has 1 heterocycles. The third-order valence-electron chi connectivity index (χ3n) is 3.76. The van der Waals surface area contributed by atoms with E-state index in [2.05, 4.69) is 0 Å². The van der Waals surface area contributed by atoms with Crippen molar-refractivity contribution < 1.29 is 19.4 Å². The molecule has 1 aromatic heterocycles. The third kappa shape index (κ3) is 3.78. The van der Waals surface area contributed by atoms with Gasteiger partial charge in [0, 0.05) is 10.4 Å². The Bertz CT molecular complexity index is 895. The smallest absolute Gasteiger partial charge is 0.307 e. The fourth-order valence-corrected chi connectivity index (χ4v) is 3.70. The van der Waals surface area contributed by atoms with Gasteiger partial charge in [0.05, 0.1) is 18.4 Å². The minimum absolute atomic E-state index is 0.1000. The highest BCUT2D eigenvalue weighted by Gasteiger charge is 2.18. The molecule has 0 aliphatic carbocycles. The van der Waals surface area contributed by atoms with Gasteiger partial charge in [-0.05, 0) is 41.5 Å². The van der Waals surface area contributed by atoms with Gasteiger partial charge in [0.1, 0.15) is 5.75 Å². The SMILES string of the molecule is COc1ccc(-c2sc(C(=O)c3ccccc3)cc2CC(=O)O)cc1. The van der Waals surface area contributed by atoms with Crippen LogP contribution >= 0.6 is 11.3 Å². The Kier molecular flexibility index (Phi) is 4.95. The molecule has 3 rings (SSSR count). The molecule has 4 nitrogen and oxygen atoms in total. The summed E-state index contributed by atoms with van der Waals surface area (Å²) in [6, 6.07) is 18.0. The van der Waals surface area contributed by atoms with Crippen LogP contribution in [0.15, 0.2) is 60.7 Å². The highest BCUT2D eigenvalue weighted by atomic mass is 32.1. The van der Waals surface area contributed by atoms with Crippen molar-refractivity contribution >= 4 is 23.1 Å². The van der Waals surface area contributed by atoms with Crippen LogP contribution in [0, 0.1) is 0 Å². The number of carbonyl (C=O) groups excluding carboxylic acids is 1. The van der Waals surface area contributed by atoms with E-state index in [1.165, 1.54) is 11.3 Å². The van der Waals surface area contributed by atoms with E-state index < -0.39 is 5.97 Å². The molecule has 0 saturated carbocycles. The predicted octanol–water partition coefficient (Wildman–Crippen LogP) is 4.28. The zero-order valence-corrected chi connectivity index (χ0v) is 14.4. The summed E-state index contributed by atoms with van der Waals surface area (Å²) in [5.41, 5.74) is 2.10. The zero-order chi connectivity index (χ0) is 17.8. The van der Waals surface area contributed by atoms with Gasteiger partial charge in [-0.3, -0.25) is 9.59 Å². The molecule has 0 fully saturated rings. The summed E-state index contributed by atoms with van der Waals surface area (Å²) >= 11 is 1.32. The van der Waals surface area contributed by atoms with Crippen molar-refractivity contribution in [2.24, 2.45) is 0 Å². The van der Waals surface area contributed by atoms with Gasteiger partial charge in [0.15, 0.2) is 0 Å². The summed E-state index contributed by atoms with van der Waals surface area (Å²) < 4.78 is 5.16. The van der Waals surface area contributed by atoms with E-state index in [0.717, 1.165) is 16.2 Å². The van der Waals surface area contributed by atoms with Crippen LogP contribution in [0.2, 0.25) is 0 Å². The van der Waals surface area contributed by atoms with E-state index in [1.807, 2.05) is 42.5 Å². The Labute approximate surface area is 149 Å². The van der Waals surface area contributed by atoms with Crippen LogP contribution in [0.1, 0.15) is 20.8 Å². The fraction of sp³-hybridized carbons (Fsp3) is 0.100. The van der Waals surface area contributed by atoms with Crippen molar-refractivity contribution in [3.8, 4) is 16.2 Å². The number of carbonyl (C=O) groups is 2. The Morgan fingerprint density at radius 3 is 2.32 bits per heavy atom. The normalized spacial score (nSPS) is 10.4. The lowest BCUT2D eigenvalue weighted by atomic mass is 10.0. The van der Waals surface area contributed by atoms with Gasteiger partial charge >= 0.3 is 5.97 Å². The molecule has 0 amide bonds. The van der Waals surface area contributed by atoms with Crippen molar-refractivity contribution in [2.45, 2.75) is 6.42 Å². The average molecular weight is 352 g/mol. The summed E-state index contributed by atoms with van der Waals surface area (Å²) in [4.78, 5) is 25.2. The number of rotatable bonds is 6. The number of carboxylic acids is 1. The summed E-state index contributed by atoms with van der Waals surface area (Å²) in [5.74, 6) is -0.302. The van der Waals surface area contributed by atoms with Gasteiger partial charge in [0.2, 0.25) is 5.78 Å². The van der Waals surface area contributed by atoms with E-state index in [9.17, 15) is 14.7 Å². The van der Waals surface area contributed by atoms with E-state index in [0.29, 0.717) is 16.0 Å². The lowest BCUT2D eigenvalue weighted by molar-refractivity contribution is -0.136. The summed E-state index contributed by atoms with van der Waals surface area (Å²) in [5, 5.41) is 9.19. The van der Waals surface area contributed by atoms with Crippen LogP contribution in [0.4, 0.5) is 0 Å². The third-order valence-corrected chi connectivity index (χ3v) is 4.99. The van der Waals surface area contributed by atoms with Crippen LogP contribution in [0.3, 0.4) is 0 Å². The molecule has 2 aromatic carbocycles. The second-order valence-corrected chi connectivity index (χ2v) is 6.51. The molecule has 0 unspecified atom stereocenters. The van der Waals surface area contributed by atoms with Gasteiger partial charge < -0.3 is 9.84 Å². The highest BCUT2D eigenvalue weighted by molar-refractivity contribution is 7.17.